The second-order valence-corrected chi connectivity index (χ2v) is 5.68. The molecule has 1 atom stereocenters. The molecule has 2 aromatic heterocycles. The molecule has 0 fully saturated rings. The molecule has 2 aromatic rings. The van der Waals surface area contributed by atoms with Crippen LogP contribution in [0.15, 0.2) is 25.2 Å². The maximum atomic E-state index is 10.8. The maximum absolute atomic E-state index is 10.8. The summed E-state index contributed by atoms with van der Waals surface area (Å²) >= 11 is 8.22. The highest BCUT2D eigenvalue weighted by Gasteiger charge is 2.16. The minimum atomic E-state index is -1.06. The molecule has 2 N–H and O–H groups in total. The standard InChI is InChI=1S/C12H12ClIN4O2/c1-2-3-7(17-12(19)20)4-18-5-8(14)9-10(13)15-6-16-11(9)18/h2,5-7,17H,1,3-4H2,(H,19,20)/t7-/m1/s1. The van der Waals surface area contributed by atoms with Crippen molar-refractivity contribution in [1.82, 2.24) is 19.9 Å². The van der Waals surface area contributed by atoms with Crippen molar-refractivity contribution in [3.63, 3.8) is 0 Å². The molecule has 0 aliphatic rings. The van der Waals surface area contributed by atoms with Crippen LogP contribution in [0, 0.1) is 3.57 Å². The van der Waals surface area contributed by atoms with Crippen molar-refractivity contribution in [2.24, 2.45) is 0 Å². The van der Waals surface area contributed by atoms with Crippen LogP contribution in [0.2, 0.25) is 5.15 Å². The first-order valence-corrected chi connectivity index (χ1v) is 7.23. The zero-order valence-corrected chi connectivity index (χ0v) is 13.3. The second kappa shape index (κ2) is 6.40. The third-order valence-corrected chi connectivity index (χ3v) is 3.86. The lowest BCUT2D eigenvalue weighted by molar-refractivity contribution is 0.188. The molecule has 0 aromatic carbocycles. The Kier molecular flexibility index (Phi) is 4.81. The molecule has 0 radical (unpaired) electrons. The van der Waals surface area contributed by atoms with E-state index in [0.717, 1.165) is 8.96 Å². The van der Waals surface area contributed by atoms with Gasteiger partial charge in [-0.05, 0) is 29.0 Å². The van der Waals surface area contributed by atoms with E-state index >= 15 is 0 Å². The molecular formula is C12H12ClIN4O2. The van der Waals surface area contributed by atoms with Gasteiger partial charge >= 0.3 is 6.09 Å². The second-order valence-electron chi connectivity index (χ2n) is 4.16. The minimum Gasteiger partial charge on any atom is -0.465 e. The van der Waals surface area contributed by atoms with E-state index in [9.17, 15) is 4.79 Å². The molecule has 0 spiro atoms. The minimum absolute atomic E-state index is 0.273. The summed E-state index contributed by atoms with van der Waals surface area (Å²) in [5, 5.41) is 12.5. The zero-order chi connectivity index (χ0) is 14.7. The topological polar surface area (TPSA) is 80.0 Å². The van der Waals surface area contributed by atoms with Gasteiger partial charge < -0.3 is 15.0 Å². The first kappa shape index (κ1) is 15.0. The number of carbonyl (C=O) groups is 1. The van der Waals surface area contributed by atoms with Crippen LogP contribution in [0.1, 0.15) is 6.42 Å². The van der Waals surface area contributed by atoms with Crippen LogP contribution in [-0.4, -0.2) is 31.8 Å². The average Bonchev–Trinajstić information content (AvgIpc) is 2.67. The quantitative estimate of drug-likeness (QED) is 0.455. The summed E-state index contributed by atoms with van der Waals surface area (Å²) in [4.78, 5) is 19.0. The van der Waals surface area contributed by atoms with Crippen LogP contribution in [0.3, 0.4) is 0 Å². The Balaban J connectivity index is 2.35. The molecule has 106 valence electrons. The number of nitrogens with zero attached hydrogens (tertiary/aromatic N) is 3. The fraction of sp³-hybridized carbons (Fsp3) is 0.250. The highest BCUT2D eigenvalue weighted by Crippen LogP contribution is 2.26. The number of hydrogen-bond acceptors (Lipinski definition) is 3. The van der Waals surface area contributed by atoms with Crippen LogP contribution in [0.4, 0.5) is 4.79 Å². The summed E-state index contributed by atoms with van der Waals surface area (Å²) < 4.78 is 2.80. The first-order chi connectivity index (χ1) is 9.52. The molecule has 0 aliphatic carbocycles. The van der Waals surface area contributed by atoms with Crippen molar-refractivity contribution in [1.29, 1.82) is 0 Å². The molecular weight excluding hydrogens is 395 g/mol. The van der Waals surface area contributed by atoms with E-state index in [1.165, 1.54) is 6.33 Å². The lowest BCUT2D eigenvalue weighted by atomic mass is 10.2. The van der Waals surface area contributed by atoms with E-state index < -0.39 is 6.09 Å². The Morgan fingerprint density at radius 3 is 3.05 bits per heavy atom. The normalized spacial score (nSPS) is 12.3. The van der Waals surface area contributed by atoms with Gasteiger partial charge in [0.1, 0.15) is 17.1 Å². The Labute approximate surface area is 134 Å². The maximum Gasteiger partial charge on any atom is 0.404 e. The van der Waals surface area contributed by atoms with Crippen LogP contribution >= 0.6 is 34.2 Å². The Morgan fingerprint density at radius 2 is 2.40 bits per heavy atom. The van der Waals surface area contributed by atoms with E-state index in [1.807, 2.05) is 10.8 Å². The van der Waals surface area contributed by atoms with Crippen molar-refractivity contribution < 1.29 is 9.90 Å². The monoisotopic (exact) mass is 406 g/mol. The summed E-state index contributed by atoms with van der Waals surface area (Å²) in [7, 11) is 0. The number of hydrogen-bond donors (Lipinski definition) is 2. The van der Waals surface area contributed by atoms with Crippen LogP contribution in [-0.2, 0) is 6.54 Å². The van der Waals surface area contributed by atoms with Gasteiger partial charge in [-0.3, -0.25) is 0 Å². The fourth-order valence-electron chi connectivity index (χ4n) is 1.97. The number of halogens is 2. The molecule has 0 saturated heterocycles. The van der Waals surface area contributed by atoms with Gasteiger partial charge in [0.05, 0.1) is 11.4 Å². The SMILES string of the molecule is C=CC[C@H](Cn1cc(I)c2c(Cl)ncnc21)NC(=O)O. The zero-order valence-electron chi connectivity index (χ0n) is 10.4. The fourth-order valence-corrected chi connectivity index (χ4v) is 3.20. The predicted octanol–water partition coefficient (Wildman–Crippen LogP) is 2.90. The smallest absolute Gasteiger partial charge is 0.404 e. The lowest BCUT2D eigenvalue weighted by Gasteiger charge is -2.16. The lowest BCUT2D eigenvalue weighted by Crippen LogP contribution is -2.36. The summed E-state index contributed by atoms with van der Waals surface area (Å²) in [5.74, 6) is 0. The average molecular weight is 407 g/mol. The van der Waals surface area contributed by atoms with E-state index in [2.05, 4.69) is 44.5 Å². The van der Waals surface area contributed by atoms with Crippen LogP contribution in [0.25, 0.3) is 11.0 Å². The van der Waals surface area contributed by atoms with E-state index in [1.54, 1.807) is 6.08 Å². The molecule has 0 saturated carbocycles. The van der Waals surface area contributed by atoms with E-state index in [4.69, 9.17) is 16.7 Å². The molecule has 2 heterocycles. The van der Waals surface area contributed by atoms with Crippen molar-refractivity contribution in [3.8, 4) is 0 Å². The largest absolute Gasteiger partial charge is 0.465 e. The van der Waals surface area contributed by atoms with Crippen molar-refractivity contribution in [2.45, 2.75) is 19.0 Å². The molecule has 6 nitrogen and oxygen atoms in total. The van der Waals surface area contributed by atoms with E-state index in [0.29, 0.717) is 23.8 Å². The summed E-state index contributed by atoms with van der Waals surface area (Å²) in [6, 6.07) is -0.273. The Morgan fingerprint density at radius 1 is 1.65 bits per heavy atom. The highest BCUT2D eigenvalue weighted by atomic mass is 127. The Bertz CT molecular complexity index is 658. The third kappa shape index (κ3) is 3.21. The predicted molar refractivity (Wildman–Crippen MR) is 85.0 cm³/mol. The highest BCUT2D eigenvalue weighted by molar-refractivity contribution is 14.1. The number of rotatable bonds is 5. The molecule has 1 amide bonds. The number of nitrogens with one attached hydrogen (secondary N) is 1. The number of carboxylic acid groups (broad SMARTS) is 1. The van der Waals surface area contributed by atoms with Gasteiger partial charge in [-0.15, -0.1) is 6.58 Å². The number of aromatic nitrogens is 3. The van der Waals surface area contributed by atoms with Gasteiger partial charge in [0.15, 0.2) is 0 Å². The molecule has 0 bridgehead atoms. The van der Waals surface area contributed by atoms with Crippen molar-refractivity contribution in [2.75, 3.05) is 0 Å². The van der Waals surface area contributed by atoms with Crippen molar-refractivity contribution >= 4 is 51.3 Å². The summed E-state index contributed by atoms with van der Waals surface area (Å²) in [5.41, 5.74) is 0.690. The first-order valence-electron chi connectivity index (χ1n) is 5.78. The molecule has 0 aliphatic heterocycles. The van der Waals surface area contributed by atoms with Gasteiger partial charge in [-0.25, -0.2) is 14.8 Å². The van der Waals surface area contributed by atoms with Gasteiger partial charge in [0.25, 0.3) is 0 Å². The molecule has 20 heavy (non-hydrogen) atoms. The number of fused-ring (bicyclic) bond motifs is 1. The molecule has 0 unspecified atom stereocenters. The van der Waals surface area contributed by atoms with Gasteiger partial charge in [-0.1, -0.05) is 17.7 Å². The summed E-state index contributed by atoms with van der Waals surface area (Å²) in [6.07, 6.45) is 4.42. The van der Waals surface area contributed by atoms with Gasteiger partial charge in [-0.2, -0.15) is 0 Å². The molecule has 8 heteroatoms. The summed E-state index contributed by atoms with van der Waals surface area (Å²) in [6.45, 7) is 4.09. The number of amides is 1. The van der Waals surface area contributed by atoms with Gasteiger partial charge in [0, 0.05) is 16.3 Å². The van der Waals surface area contributed by atoms with E-state index in [-0.39, 0.29) is 6.04 Å². The third-order valence-electron chi connectivity index (χ3n) is 2.76. The van der Waals surface area contributed by atoms with Gasteiger partial charge in [0.2, 0.25) is 0 Å². The Hall–Kier alpha value is -1.35. The van der Waals surface area contributed by atoms with Crippen molar-refractivity contribution in [3.05, 3.63) is 33.9 Å². The van der Waals surface area contributed by atoms with Crippen LogP contribution < -0.4 is 5.32 Å². The van der Waals surface area contributed by atoms with Crippen LogP contribution in [0.5, 0.6) is 0 Å². The molecule has 2 rings (SSSR count).